The van der Waals surface area contributed by atoms with Crippen LogP contribution in [-0.2, 0) is 38.0 Å². The molecule has 0 bridgehead atoms. The number of ether oxygens (including phenoxy) is 2. The van der Waals surface area contributed by atoms with E-state index in [0.717, 1.165) is 124 Å². The van der Waals surface area contributed by atoms with Crippen LogP contribution < -0.4 is 10.8 Å². The minimum absolute atomic E-state index is 0.00381. The quantitative estimate of drug-likeness (QED) is 0.0898. The number of likely N-dealkylation sites (tertiary alicyclic amines) is 2. The number of allylic oxidation sites excluding steroid dienone is 3. The summed E-state index contributed by atoms with van der Waals surface area (Å²) in [6.07, 6.45) is 22.9. The van der Waals surface area contributed by atoms with Crippen LogP contribution in [0.5, 0.6) is 0 Å². The second kappa shape index (κ2) is 40.7. The molecule has 7 aliphatic rings. The predicted molar refractivity (Wildman–Crippen MR) is 495 cm³/mol. The van der Waals surface area contributed by atoms with Gasteiger partial charge in [-0.1, -0.05) is 127 Å². The van der Waals surface area contributed by atoms with Gasteiger partial charge in [-0.05, 0) is 329 Å². The first-order chi connectivity index (χ1) is 58.7. The Morgan fingerprint density at radius 2 is 0.740 bits per heavy atom. The van der Waals surface area contributed by atoms with Gasteiger partial charge in [-0.25, -0.2) is 9.59 Å². The summed E-state index contributed by atoms with van der Waals surface area (Å²) in [4.78, 5) is 95.8. The van der Waals surface area contributed by atoms with Gasteiger partial charge in [-0.2, -0.15) is 0 Å². The van der Waals surface area contributed by atoms with Crippen LogP contribution in [0.1, 0.15) is 274 Å². The highest BCUT2D eigenvalue weighted by Crippen LogP contribution is 2.50. The van der Waals surface area contributed by atoms with Gasteiger partial charge in [0.05, 0.1) is 11.2 Å². The van der Waals surface area contributed by atoms with Crippen molar-refractivity contribution in [2.45, 2.75) is 224 Å². The standard InChI is InChI=1S/C31H40N2O3.C30H39N3O3.C26H32N2O.C16H25BN2O3/c1-6-32(7-2)28(34)24-15-13-23(14-16-24)27-22-31(21-25-11-8-9-12-26(25)27)17-10-19-33(20-18-31)29(35)36-30(3,4)5;1-6-32(7-2)27(34)26-14-13-23(21-31-26)25-20-30(19-22-11-8-9-12-24(22)25)15-10-17-33(18-16-30)28(35)36-29(3,4)5;1-3-28(4-2)25(29)21-12-10-20(11-13-21)24-19-26(14-7-16-27-17-15-26)18-22-8-5-6-9-23(22)24;1-7-19(8-2)14(20)13-10-9-12(11-18-13)17-21-15(3,4)16(5,6)22-17/h8-9,11-16,22H,6-7,10,17-21H2,1-5H3;8-9,11-14,20-21H,6-7,10,15-19H2,1-5H3;5-6,8-13,19,27H,3-4,7,14-18H2,1-2H3;9-11H,7-8H2,1-6H3. The monoisotopic (exact) mass is 1670 g/mol. The molecule has 4 aliphatic heterocycles. The van der Waals surface area contributed by atoms with Crippen molar-refractivity contribution < 1.29 is 47.5 Å². The molecule has 4 fully saturated rings. The number of rotatable bonds is 16. The molecule has 3 aliphatic carbocycles. The van der Waals surface area contributed by atoms with Crippen LogP contribution >= 0.6 is 0 Å². The first-order valence-electron chi connectivity index (χ1n) is 45.4. The van der Waals surface area contributed by atoms with Gasteiger partial charge >= 0.3 is 19.3 Å². The fourth-order valence-corrected chi connectivity index (χ4v) is 18.2. The highest BCUT2D eigenvalue weighted by atomic mass is 16.7. The van der Waals surface area contributed by atoms with E-state index in [2.05, 4.69) is 131 Å². The lowest BCUT2D eigenvalue weighted by Crippen LogP contribution is -2.41. The molecular formula is C103H136BN9O10. The lowest BCUT2D eigenvalue weighted by atomic mass is 9.68. The smallest absolute Gasteiger partial charge is 0.444 e. The van der Waals surface area contributed by atoms with Crippen LogP contribution in [0.25, 0.3) is 16.7 Å². The number of aromatic nitrogens is 2. The van der Waals surface area contributed by atoms with E-state index in [1.165, 1.54) is 69.4 Å². The summed E-state index contributed by atoms with van der Waals surface area (Å²) in [6, 6.07) is 49.9. The molecule has 2 aromatic heterocycles. The second-order valence-corrected chi connectivity index (χ2v) is 37.1. The minimum atomic E-state index is -0.496. The van der Waals surface area contributed by atoms with Crippen molar-refractivity contribution in [3.05, 3.63) is 249 Å². The van der Waals surface area contributed by atoms with E-state index in [1.54, 1.807) is 22.1 Å². The Morgan fingerprint density at radius 3 is 1.10 bits per heavy atom. The van der Waals surface area contributed by atoms with E-state index in [4.69, 9.17) is 18.8 Å². The number of pyridine rings is 2. The third-order valence-electron chi connectivity index (χ3n) is 25.9. The number of carbonyl (C=O) groups excluding carboxylic acids is 6. The summed E-state index contributed by atoms with van der Waals surface area (Å²) in [7, 11) is -0.449. The number of amides is 6. The predicted octanol–water partition coefficient (Wildman–Crippen LogP) is 19.3. The minimum Gasteiger partial charge on any atom is -0.444 e. The van der Waals surface area contributed by atoms with Crippen LogP contribution in [-0.4, -0.2) is 196 Å². The Balaban J connectivity index is 0.000000162. The molecule has 6 heterocycles. The molecule has 14 rings (SSSR count). The number of nitrogens with one attached hydrogen (secondary N) is 1. The molecule has 6 amide bonds. The first kappa shape index (κ1) is 93.7. The molecule has 4 saturated heterocycles. The van der Waals surface area contributed by atoms with Crippen LogP contribution in [0.15, 0.2) is 176 Å². The summed E-state index contributed by atoms with van der Waals surface area (Å²) >= 11 is 0. The van der Waals surface area contributed by atoms with E-state index < -0.39 is 18.3 Å². The maximum absolute atomic E-state index is 12.8. The average Bonchev–Trinajstić information content (AvgIpc) is 1.75. The molecule has 656 valence electrons. The molecule has 3 atom stereocenters. The number of hydrogen-bond acceptors (Lipinski definition) is 13. The van der Waals surface area contributed by atoms with Gasteiger partial charge in [0.25, 0.3) is 23.6 Å². The van der Waals surface area contributed by atoms with Crippen molar-refractivity contribution in [3.63, 3.8) is 0 Å². The molecule has 3 unspecified atom stereocenters. The van der Waals surface area contributed by atoms with Gasteiger partial charge in [-0.3, -0.25) is 29.1 Å². The van der Waals surface area contributed by atoms with E-state index in [1.807, 2.05) is 193 Å². The topological polar surface area (TPSA) is 197 Å². The van der Waals surface area contributed by atoms with Crippen molar-refractivity contribution in [2.75, 3.05) is 91.6 Å². The normalized spacial score (nSPS) is 20.0. The molecule has 20 heteroatoms. The fraction of sp³-hybridized carbons (Fsp3) is 0.495. The van der Waals surface area contributed by atoms with Crippen LogP contribution in [0.2, 0.25) is 0 Å². The Bertz CT molecular complexity index is 4690. The molecule has 0 radical (unpaired) electrons. The lowest BCUT2D eigenvalue weighted by molar-refractivity contribution is 0.00578. The number of hydrogen-bond donors (Lipinski definition) is 1. The summed E-state index contributed by atoms with van der Waals surface area (Å²) in [5.41, 5.74) is 16.7. The highest BCUT2D eigenvalue weighted by molar-refractivity contribution is 6.62. The largest absolute Gasteiger partial charge is 0.496 e. The van der Waals surface area contributed by atoms with Gasteiger partial charge in [0.15, 0.2) is 0 Å². The Labute approximate surface area is 734 Å². The zero-order valence-electron chi connectivity index (χ0n) is 76.9. The van der Waals surface area contributed by atoms with Gasteiger partial charge in [0.1, 0.15) is 22.6 Å². The SMILES string of the molecule is CCN(CC)C(=O)c1ccc(B2OC(C)(C)C(C)(C)O2)cn1.CCN(CC)C(=O)c1ccc(C2=CC3(CCCN(C(=O)OC(C)(C)C)CC3)Cc3ccccc32)cc1.CCN(CC)C(=O)c1ccc(C2=CC3(CCCN(C(=O)OC(C)(C)C)CC3)Cc3ccccc32)cn1.CCN(CC)C(=O)c1ccc(C2=CC3(CCCNCC3)Cc3ccccc32)cc1. The van der Waals surface area contributed by atoms with Crippen molar-refractivity contribution in [1.82, 2.24) is 44.7 Å². The first-order valence-corrected chi connectivity index (χ1v) is 45.4. The van der Waals surface area contributed by atoms with Crippen molar-refractivity contribution in [2.24, 2.45) is 16.2 Å². The Hall–Kier alpha value is -10.0. The van der Waals surface area contributed by atoms with E-state index in [-0.39, 0.29) is 63.3 Å². The van der Waals surface area contributed by atoms with Crippen molar-refractivity contribution in [3.8, 4) is 0 Å². The molecule has 7 aromatic rings. The number of benzene rings is 5. The molecule has 0 saturated carbocycles. The second-order valence-electron chi connectivity index (χ2n) is 37.1. The van der Waals surface area contributed by atoms with Gasteiger partial charge in [0.2, 0.25) is 0 Å². The molecular weight excluding hydrogens is 1530 g/mol. The van der Waals surface area contributed by atoms with E-state index in [9.17, 15) is 28.8 Å². The number of nitrogens with zero attached hydrogens (tertiary/aromatic N) is 8. The molecule has 5 aromatic carbocycles. The molecule has 1 N–H and O–H groups in total. The summed E-state index contributed by atoms with van der Waals surface area (Å²) in [5.74, 6) is 0.107. The summed E-state index contributed by atoms with van der Waals surface area (Å²) < 4.78 is 23.3. The third-order valence-corrected chi connectivity index (χ3v) is 25.9. The number of fused-ring (bicyclic) bond motifs is 3. The van der Waals surface area contributed by atoms with Gasteiger partial charge in [-0.15, -0.1) is 0 Å². The molecule has 3 spiro atoms. The van der Waals surface area contributed by atoms with Gasteiger partial charge in [0, 0.05) is 113 Å². The maximum atomic E-state index is 12.8. The Kier molecular flexibility index (Phi) is 31.0. The zero-order chi connectivity index (χ0) is 88.7. The van der Waals surface area contributed by atoms with Crippen molar-refractivity contribution in [1.29, 1.82) is 0 Å². The highest BCUT2D eigenvalue weighted by Gasteiger charge is 2.52. The number of carbonyl (C=O) groups is 6. The van der Waals surface area contributed by atoms with E-state index in [0.29, 0.717) is 70.3 Å². The maximum Gasteiger partial charge on any atom is 0.496 e. The third kappa shape index (κ3) is 22.9. The fourth-order valence-electron chi connectivity index (χ4n) is 18.2. The molecule has 19 nitrogen and oxygen atoms in total. The lowest BCUT2D eigenvalue weighted by Gasteiger charge is -2.36. The van der Waals surface area contributed by atoms with Crippen LogP contribution in [0, 0.1) is 16.2 Å². The summed E-state index contributed by atoms with van der Waals surface area (Å²) in [6.45, 7) is 46.1. The average molecular weight is 1670 g/mol. The van der Waals surface area contributed by atoms with Gasteiger partial charge < -0.3 is 53.5 Å². The van der Waals surface area contributed by atoms with Crippen molar-refractivity contribution >= 4 is 65.1 Å². The molecule has 123 heavy (non-hydrogen) atoms. The zero-order valence-corrected chi connectivity index (χ0v) is 76.9. The Morgan fingerprint density at radius 1 is 0.398 bits per heavy atom. The van der Waals surface area contributed by atoms with Crippen LogP contribution in [0.3, 0.4) is 0 Å². The van der Waals surface area contributed by atoms with E-state index >= 15 is 0 Å². The summed E-state index contributed by atoms with van der Waals surface area (Å²) in [5, 5.41) is 3.57. The van der Waals surface area contributed by atoms with Crippen LogP contribution in [0.4, 0.5) is 9.59 Å².